The third-order valence-corrected chi connectivity index (χ3v) is 8.17. The monoisotopic (exact) mass is 532 g/mol. The van der Waals surface area contributed by atoms with Crippen LogP contribution in [0.1, 0.15) is 71.9 Å². The number of nitrogens with one attached hydrogen (secondary N) is 2. The Labute approximate surface area is 231 Å². The number of nitrogens with zero attached hydrogens (tertiary/aromatic N) is 2. The molecule has 2 N–H and O–H groups in total. The molecule has 1 aliphatic rings. The minimum atomic E-state index is -0.439. The fraction of sp³-hybridized carbons (Fsp3) is 0.438. The standard InChI is InChI=1S/C32H41FN4O2/c1-7-36(27-14-22(4)37(23(5)15-27)19-25-11-9-8-10-12-25)30-17-26(33)16-28(24(30)6)31(38)34-18-29-20(2)13-21(3)35-32(29)39/h8-13,16-17,22-23,27H,7,14-15,18-19H2,1-6H3,(H,34,38)(H,35,39)/t22-,23+,27-. The van der Waals surface area contributed by atoms with Crippen molar-refractivity contribution in [1.29, 1.82) is 0 Å². The van der Waals surface area contributed by atoms with Crippen LogP contribution in [0.4, 0.5) is 10.1 Å². The van der Waals surface area contributed by atoms with Gasteiger partial charge in [-0.05, 0) is 89.3 Å². The SMILES string of the molecule is CCN(c1cc(F)cc(C(=O)NCc2c(C)cc(C)[nH]c2=O)c1C)[C@@H]1C[C@@H](C)N(Cc2ccccc2)[C@@H](C)C1. The van der Waals surface area contributed by atoms with E-state index in [4.69, 9.17) is 0 Å². The van der Waals surface area contributed by atoms with Crippen LogP contribution in [0.3, 0.4) is 0 Å². The zero-order valence-corrected chi connectivity index (χ0v) is 24.0. The Bertz CT molecular complexity index is 1360. The van der Waals surface area contributed by atoms with Gasteiger partial charge in [0, 0.05) is 60.3 Å². The largest absolute Gasteiger partial charge is 0.368 e. The van der Waals surface area contributed by atoms with Gasteiger partial charge in [0.2, 0.25) is 0 Å². The number of rotatable bonds is 8. The molecular weight excluding hydrogens is 491 g/mol. The lowest BCUT2D eigenvalue weighted by Gasteiger charge is -2.47. The first kappa shape index (κ1) is 28.6. The maximum Gasteiger partial charge on any atom is 0.253 e. The van der Waals surface area contributed by atoms with Crippen LogP contribution in [0, 0.1) is 26.6 Å². The summed E-state index contributed by atoms with van der Waals surface area (Å²) >= 11 is 0. The van der Waals surface area contributed by atoms with Crippen molar-refractivity contribution in [3.05, 3.63) is 98.2 Å². The van der Waals surface area contributed by atoms with Gasteiger partial charge in [-0.25, -0.2) is 4.39 Å². The zero-order valence-electron chi connectivity index (χ0n) is 24.0. The highest BCUT2D eigenvalue weighted by atomic mass is 19.1. The van der Waals surface area contributed by atoms with E-state index in [0.717, 1.165) is 41.9 Å². The number of anilines is 1. The average molecular weight is 533 g/mol. The van der Waals surface area contributed by atoms with Crippen LogP contribution >= 0.6 is 0 Å². The van der Waals surface area contributed by atoms with E-state index in [1.807, 2.05) is 32.9 Å². The number of amides is 1. The fourth-order valence-electron chi connectivity index (χ4n) is 6.14. The van der Waals surface area contributed by atoms with Crippen molar-refractivity contribution in [2.45, 2.75) is 85.6 Å². The first-order valence-electron chi connectivity index (χ1n) is 13.9. The van der Waals surface area contributed by atoms with Crippen molar-refractivity contribution >= 4 is 11.6 Å². The van der Waals surface area contributed by atoms with Crippen molar-refractivity contribution in [3.63, 3.8) is 0 Å². The second kappa shape index (κ2) is 12.2. The summed E-state index contributed by atoms with van der Waals surface area (Å²) in [6, 6.07) is 16.2. The number of aryl methyl sites for hydroxylation is 2. The summed E-state index contributed by atoms with van der Waals surface area (Å²) < 4.78 is 15.0. The summed E-state index contributed by atoms with van der Waals surface area (Å²) in [7, 11) is 0. The number of hydrogen-bond donors (Lipinski definition) is 2. The van der Waals surface area contributed by atoms with Gasteiger partial charge in [-0.1, -0.05) is 30.3 Å². The van der Waals surface area contributed by atoms with Crippen LogP contribution in [-0.4, -0.2) is 40.5 Å². The van der Waals surface area contributed by atoms with Gasteiger partial charge in [0.05, 0.1) is 0 Å². The molecule has 1 aliphatic heterocycles. The van der Waals surface area contributed by atoms with Crippen LogP contribution in [0.2, 0.25) is 0 Å². The molecule has 0 bridgehead atoms. The van der Waals surface area contributed by atoms with Gasteiger partial charge in [0.15, 0.2) is 0 Å². The Morgan fingerprint density at radius 3 is 2.36 bits per heavy atom. The van der Waals surface area contributed by atoms with Gasteiger partial charge in [-0.3, -0.25) is 14.5 Å². The lowest BCUT2D eigenvalue weighted by atomic mass is 9.90. The van der Waals surface area contributed by atoms with E-state index in [0.29, 0.717) is 29.8 Å². The number of H-pyrrole nitrogens is 1. The van der Waals surface area contributed by atoms with Gasteiger partial charge in [0.1, 0.15) is 5.82 Å². The van der Waals surface area contributed by atoms with Crippen LogP contribution in [0.25, 0.3) is 0 Å². The molecule has 7 heteroatoms. The molecule has 1 aromatic heterocycles. The third-order valence-electron chi connectivity index (χ3n) is 8.17. The molecule has 2 heterocycles. The Balaban J connectivity index is 1.53. The van der Waals surface area contributed by atoms with Gasteiger partial charge in [-0.2, -0.15) is 0 Å². The van der Waals surface area contributed by atoms with E-state index in [1.54, 1.807) is 6.07 Å². The molecule has 39 heavy (non-hydrogen) atoms. The summed E-state index contributed by atoms with van der Waals surface area (Å²) in [5.74, 6) is -0.825. The number of aromatic amines is 1. The predicted octanol–water partition coefficient (Wildman–Crippen LogP) is 5.64. The Hall–Kier alpha value is -3.45. The molecule has 0 radical (unpaired) electrons. The Morgan fingerprint density at radius 2 is 1.74 bits per heavy atom. The van der Waals surface area contributed by atoms with Gasteiger partial charge in [0.25, 0.3) is 11.5 Å². The average Bonchev–Trinajstić information content (AvgIpc) is 2.88. The maximum atomic E-state index is 15.0. The van der Waals surface area contributed by atoms with E-state index < -0.39 is 5.82 Å². The molecule has 0 unspecified atom stereocenters. The third kappa shape index (κ3) is 6.41. The second-order valence-corrected chi connectivity index (χ2v) is 11.0. The van der Waals surface area contributed by atoms with Crippen LogP contribution < -0.4 is 15.8 Å². The second-order valence-electron chi connectivity index (χ2n) is 11.0. The lowest BCUT2D eigenvalue weighted by Crippen LogP contribution is -2.53. The molecule has 1 saturated heterocycles. The van der Waals surface area contributed by atoms with E-state index in [9.17, 15) is 14.0 Å². The summed E-state index contributed by atoms with van der Waals surface area (Å²) in [5, 5.41) is 2.84. The minimum Gasteiger partial charge on any atom is -0.368 e. The van der Waals surface area contributed by atoms with Crippen molar-refractivity contribution in [3.8, 4) is 0 Å². The van der Waals surface area contributed by atoms with Crippen LogP contribution in [-0.2, 0) is 13.1 Å². The smallest absolute Gasteiger partial charge is 0.253 e. The molecule has 0 aliphatic carbocycles. The summed E-state index contributed by atoms with van der Waals surface area (Å²) in [6.07, 6.45) is 1.91. The number of aromatic nitrogens is 1. The first-order chi connectivity index (χ1) is 18.6. The van der Waals surface area contributed by atoms with Crippen molar-refractivity contribution in [2.75, 3.05) is 11.4 Å². The molecule has 3 aromatic rings. The van der Waals surface area contributed by atoms with E-state index in [1.165, 1.54) is 11.6 Å². The number of likely N-dealkylation sites (tertiary alicyclic amines) is 1. The highest BCUT2D eigenvalue weighted by Gasteiger charge is 2.34. The number of pyridine rings is 1. The molecule has 1 fully saturated rings. The van der Waals surface area contributed by atoms with Crippen LogP contribution in [0.15, 0.2) is 53.3 Å². The number of carbonyl (C=O) groups is 1. The molecule has 2 aromatic carbocycles. The molecule has 4 rings (SSSR count). The van der Waals surface area contributed by atoms with Gasteiger partial charge >= 0.3 is 0 Å². The zero-order chi connectivity index (χ0) is 28.3. The number of carbonyl (C=O) groups excluding carboxylic acids is 1. The first-order valence-corrected chi connectivity index (χ1v) is 13.9. The Morgan fingerprint density at radius 1 is 1.08 bits per heavy atom. The topological polar surface area (TPSA) is 68.4 Å². The number of hydrogen-bond acceptors (Lipinski definition) is 4. The summed E-state index contributed by atoms with van der Waals surface area (Å²) in [6.45, 7) is 13.9. The van der Waals surface area contributed by atoms with Gasteiger partial charge in [-0.15, -0.1) is 0 Å². The van der Waals surface area contributed by atoms with E-state index in [-0.39, 0.29) is 24.1 Å². The highest BCUT2D eigenvalue weighted by Crippen LogP contribution is 2.34. The number of piperidine rings is 1. The molecule has 0 spiro atoms. The summed E-state index contributed by atoms with van der Waals surface area (Å²) in [5.41, 5.74) is 4.98. The molecule has 3 atom stereocenters. The minimum absolute atomic E-state index is 0.0813. The van der Waals surface area contributed by atoms with Crippen molar-refractivity contribution in [1.82, 2.24) is 15.2 Å². The summed E-state index contributed by atoms with van der Waals surface area (Å²) in [4.78, 5) is 33.2. The van der Waals surface area contributed by atoms with Crippen molar-refractivity contribution < 1.29 is 9.18 Å². The van der Waals surface area contributed by atoms with Crippen LogP contribution in [0.5, 0.6) is 0 Å². The fourth-order valence-corrected chi connectivity index (χ4v) is 6.14. The maximum absolute atomic E-state index is 15.0. The number of halogens is 1. The Kier molecular flexibility index (Phi) is 8.90. The van der Waals surface area contributed by atoms with Crippen molar-refractivity contribution in [2.24, 2.45) is 0 Å². The predicted molar refractivity (Wildman–Crippen MR) is 156 cm³/mol. The normalized spacial score (nSPS) is 19.6. The molecule has 6 nitrogen and oxygen atoms in total. The van der Waals surface area contributed by atoms with E-state index >= 15 is 0 Å². The molecular formula is C32H41FN4O2. The molecule has 208 valence electrons. The van der Waals surface area contributed by atoms with E-state index in [2.05, 4.69) is 65.1 Å². The molecule has 0 saturated carbocycles. The quantitative estimate of drug-likeness (QED) is 0.394. The molecule has 1 amide bonds. The highest BCUT2D eigenvalue weighted by molar-refractivity contribution is 5.97. The lowest BCUT2D eigenvalue weighted by molar-refractivity contribution is 0.0821. The van der Waals surface area contributed by atoms with Gasteiger partial charge < -0.3 is 15.2 Å². The number of benzene rings is 2.